The van der Waals surface area contributed by atoms with Crippen molar-refractivity contribution in [3.63, 3.8) is 0 Å². The van der Waals surface area contributed by atoms with E-state index in [2.05, 4.69) is 20.5 Å². The molecule has 54 heavy (non-hydrogen) atoms. The van der Waals surface area contributed by atoms with Crippen LogP contribution in [-0.2, 0) is 22.5 Å². The largest absolute Gasteiger partial charge is 0.477 e. The molecule has 5 atom stereocenters. The van der Waals surface area contributed by atoms with Crippen LogP contribution in [0.1, 0.15) is 41.4 Å². The van der Waals surface area contributed by atoms with Gasteiger partial charge in [0.15, 0.2) is 0 Å². The van der Waals surface area contributed by atoms with E-state index in [0.717, 1.165) is 36.8 Å². The molecular formula is C36H42FN7O9S. The third-order valence-electron chi connectivity index (χ3n) is 10.1. The number of benzene rings is 2. The first-order valence-electron chi connectivity index (χ1n) is 17.8. The number of hydrogen-bond donors (Lipinski definition) is 6. The van der Waals surface area contributed by atoms with Crippen molar-refractivity contribution in [3.05, 3.63) is 76.1 Å². The summed E-state index contributed by atoms with van der Waals surface area (Å²) in [7, 11) is 0. The number of halogens is 1. The topological polar surface area (TPSA) is 216 Å². The molecule has 18 heteroatoms. The Balaban J connectivity index is 0.858. The van der Waals surface area contributed by atoms with Crippen LogP contribution in [0.4, 0.5) is 15.8 Å². The number of piperazine rings is 1. The Bertz CT molecular complexity index is 2050. The molecule has 16 nitrogen and oxygen atoms in total. The van der Waals surface area contributed by atoms with Crippen molar-refractivity contribution < 1.29 is 44.2 Å². The molecule has 3 fully saturated rings. The highest BCUT2D eigenvalue weighted by molar-refractivity contribution is 7.99. The van der Waals surface area contributed by atoms with Gasteiger partial charge in [-0.25, -0.2) is 9.18 Å². The van der Waals surface area contributed by atoms with E-state index in [0.29, 0.717) is 60.9 Å². The minimum absolute atomic E-state index is 0.0783. The average molecular weight is 768 g/mol. The van der Waals surface area contributed by atoms with Crippen molar-refractivity contribution in [2.24, 2.45) is 0 Å². The lowest BCUT2D eigenvalue weighted by Crippen LogP contribution is -2.57. The molecule has 1 saturated carbocycles. The number of carbonyl (C=O) groups is 2. The Morgan fingerprint density at radius 1 is 0.981 bits per heavy atom. The summed E-state index contributed by atoms with van der Waals surface area (Å²) < 4.78 is 24.3. The summed E-state index contributed by atoms with van der Waals surface area (Å²) in [5, 5.41) is 60.5. The third-order valence-corrected chi connectivity index (χ3v) is 11.2. The number of nitrogens with one attached hydrogen (secondary N) is 1. The van der Waals surface area contributed by atoms with Crippen LogP contribution in [0.3, 0.4) is 0 Å². The summed E-state index contributed by atoms with van der Waals surface area (Å²) in [5.41, 5.74) is 0.359. The Morgan fingerprint density at radius 2 is 1.72 bits per heavy atom. The first kappa shape index (κ1) is 37.9. The van der Waals surface area contributed by atoms with Gasteiger partial charge < -0.3 is 45.1 Å². The highest BCUT2D eigenvalue weighted by Crippen LogP contribution is 2.38. The van der Waals surface area contributed by atoms with Gasteiger partial charge in [0, 0.05) is 80.0 Å². The SMILES string of the molecule is O=C(CCn1cc(CCN2CCN(c3cc4c(cc3F)c(=O)c(C(=O)O)cn4C3CC3)CC2)nn1)Nc1ccc(S[C@@H]2O[C@H](CO)[C@H](O)[C@H](O)[C@H]2O)cc1. The number of aromatic nitrogens is 4. The number of aliphatic hydroxyl groups is 4. The third kappa shape index (κ3) is 8.29. The van der Waals surface area contributed by atoms with Crippen molar-refractivity contribution in [2.45, 2.75) is 73.0 Å². The van der Waals surface area contributed by atoms with E-state index >= 15 is 4.39 Å². The lowest BCUT2D eigenvalue weighted by Gasteiger charge is -2.39. The van der Waals surface area contributed by atoms with Gasteiger partial charge in [-0.05, 0) is 49.2 Å². The smallest absolute Gasteiger partial charge is 0.341 e. The van der Waals surface area contributed by atoms with Crippen molar-refractivity contribution >= 4 is 45.9 Å². The fraction of sp³-hybridized carbons (Fsp3) is 0.472. The minimum atomic E-state index is -1.46. The van der Waals surface area contributed by atoms with Crippen LogP contribution in [0, 0.1) is 5.82 Å². The first-order valence-corrected chi connectivity index (χ1v) is 18.7. The number of aryl methyl sites for hydroxylation is 1. The van der Waals surface area contributed by atoms with Crippen molar-refractivity contribution in [1.29, 1.82) is 0 Å². The number of nitrogens with zero attached hydrogens (tertiary/aromatic N) is 6. The summed E-state index contributed by atoms with van der Waals surface area (Å²) >= 11 is 1.12. The molecule has 2 aromatic heterocycles. The van der Waals surface area contributed by atoms with Gasteiger partial charge in [0.1, 0.15) is 41.2 Å². The zero-order chi connectivity index (χ0) is 38.1. The number of pyridine rings is 1. The Kier molecular flexibility index (Phi) is 11.3. The summed E-state index contributed by atoms with van der Waals surface area (Å²) in [6.07, 6.45) is 0.533. The number of hydrogen-bond acceptors (Lipinski definition) is 13. The molecule has 2 saturated heterocycles. The zero-order valence-electron chi connectivity index (χ0n) is 29.2. The molecule has 2 aliphatic heterocycles. The number of aromatic carboxylic acids is 1. The number of carboxylic acids is 1. The average Bonchev–Trinajstić information content (AvgIpc) is 3.91. The number of fused-ring (bicyclic) bond motifs is 1. The van der Waals surface area contributed by atoms with Crippen LogP contribution < -0.4 is 15.6 Å². The summed E-state index contributed by atoms with van der Waals surface area (Å²) in [5.74, 6) is -2.09. The maximum atomic E-state index is 15.4. The predicted octanol–water partition coefficient (Wildman–Crippen LogP) is 1.05. The van der Waals surface area contributed by atoms with Gasteiger partial charge in [-0.1, -0.05) is 17.0 Å². The van der Waals surface area contributed by atoms with Crippen LogP contribution in [0.5, 0.6) is 0 Å². The molecule has 7 rings (SSSR count). The minimum Gasteiger partial charge on any atom is -0.477 e. The fourth-order valence-electron chi connectivity index (χ4n) is 6.81. The highest BCUT2D eigenvalue weighted by atomic mass is 32.2. The van der Waals surface area contributed by atoms with Gasteiger partial charge in [-0.15, -0.1) is 5.10 Å². The molecule has 1 aliphatic carbocycles. The molecule has 4 heterocycles. The first-order chi connectivity index (χ1) is 26.0. The van der Waals surface area contributed by atoms with E-state index in [1.54, 1.807) is 39.6 Å². The van der Waals surface area contributed by atoms with Crippen LogP contribution in [0.2, 0.25) is 0 Å². The molecule has 0 unspecified atom stereocenters. The number of anilines is 2. The van der Waals surface area contributed by atoms with E-state index in [1.165, 1.54) is 12.3 Å². The predicted molar refractivity (Wildman–Crippen MR) is 195 cm³/mol. The Hall–Kier alpha value is -4.43. The summed E-state index contributed by atoms with van der Waals surface area (Å²) in [6, 6.07) is 9.79. The van der Waals surface area contributed by atoms with E-state index in [4.69, 9.17) is 4.74 Å². The normalized spacial score (nSPS) is 23.5. The van der Waals surface area contributed by atoms with Crippen LogP contribution >= 0.6 is 11.8 Å². The number of carbonyl (C=O) groups excluding carboxylic acids is 1. The zero-order valence-corrected chi connectivity index (χ0v) is 30.0. The molecule has 3 aliphatic rings. The van der Waals surface area contributed by atoms with Crippen molar-refractivity contribution in [3.8, 4) is 0 Å². The number of carboxylic acid groups (broad SMARTS) is 1. The second-order valence-corrected chi connectivity index (χ2v) is 15.0. The number of rotatable bonds is 13. The van der Waals surface area contributed by atoms with E-state index < -0.39 is 53.7 Å². The molecule has 6 N–H and O–H groups in total. The molecule has 4 aromatic rings. The van der Waals surface area contributed by atoms with Gasteiger partial charge in [0.25, 0.3) is 0 Å². The maximum absolute atomic E-state index is 15.4. The van der Waals surface area contributed by atoms with Crippen molar-refractivity contribution in [2.75, 3.05) is 49.5 Å². The maximum Gasteiger partial charge on any atom is 0.341 e. The second-order valence-electron chi connectivity index (χ2n) is 13.8. The van der Waals surface area contributed by atoms with Gasteiger partial charge >= 0.3 is 5.97 Å². The van der Waals surface area contributed by atoms with Crippen LogP contribution in [0.25, 0.3) is 10.9 Å². The second kappa shape index (κ2) is 16.1. The van der Waals surface area contributed by atoms with Crippen LogP contribution in [0.15, 0.2) is 58.5 Å². The number of thioether (sulfide) groups is 1. The Labute approximate surface area is 312 Å². The quantitative estimate of drug-likeness (QED) is 0.112. The molecule has 2 aromatic carbocycles. The molecule has 0 bridgehead atoms. The number of ether oxygens (including phenoxy) is 1. The van der Waals surface area contributed by atoms with Crippen LogP contribution in [-0.4, -0.2) is 131 Å². The van der Waals surface area contributed by atoms with Crippen molar-refractivity contribution in [1.82, 2.24) is 24.5 Å². The highest BCUT2D eigenvalue weighted by Gasteiger charge is 2.43. The monoisotopic (exact) mass is 767 g/mol. The van der Waals surface area contributed by atoms with Gasteiger partial charge in [0.05, 0.1) is 30.0 Å². The molecule has 1 amide bonds. The summed E-state index contributed by atoms with van der Waals surface area (Å²) in [6.45, 7) is 3.06. The van der Waals surface area contributed by atoms with Gasteiger partial charge in [0.2, 0.25) is 11.3 Å². The molecule has 0 radical (unpaired) electrons. The lowest BCUT2D eigenvalue weighted by molar-refractivity contribution is -0.205. The van der Waals surface area contributed by atoms with E-state index in [9.17, 15) is 39.9 Å². The molecule has 0 spiro atoms. The molecular weight excluding hydrogens is 726 g/mol. The summed E-state index contributed by atoms with van der Waals surface area (Å²) in [4.78, 5) is 42.0. The van der Waals surface area contributed by atoms with Gasteiger partial charge in [-0.2, -0.15) is 0 Å². The lowest BCUT2D eigenvalue weighted by atomic mass is 10.0. The molecule has 288 valence electrons. The number of amides is 1. The van der Waals surface area contributed by atoms with E-state index in [-0.39, 0.29) is 29.3 Å². The van der Waals surface area contributed by atoms with E-state index in [1.807, 2.05) is 11.1 Å². The Morgan fingerprint density at radius 3 is 2.41 bits per heavy atom. The van der Waals surface area contributed by atoms with Gasteiger partial charge in [-0.3, -0.25) is 19.2 Å². The number of aliphatic hydroxyl groups excluding tert-OH is 4. The standard InChI is InChI=1S/C36H42FN7O9S/c37-26-15-24-27(44(22-3-4-22)18-25(31(24)47)35(51)52)16-28(26)42-13-11-41(12-14-42)9-7-21-17-43(40-39-21)10-8-30(46)38-20-1-5-23(6-2-20)54-36-34(50)33(49)32(48)29(19-45)53-36/h1-2,5-6,15-18,22,29,32-34,36,45,48-50H,3-4,7-14,19H2,(H,38,46)(H,51,52)/t29-,32+,33+,34-,36+/m1/s1. The fourth-order valence-corrected chi connectivity index (χ4v) is 7.87.